The predicted octanol–water partition coefficient (Wildman–Crippen LogP) is 2.76. The molecule has 0 amide bonds. The topological polar surface area (TPSA) is 42.4 Å². The summed E-state index contributed by atoms with van der Waals surface area (Å²) < 4.78 is 5.54. The second-order valence-corrected chi connectivity index (χ2v) is 6.21. The van der Waals surface area contributed by atoms with E-state index < -0.39 is 0 Å². The van der Waals surface area contributed by atoms with Gasteiger partial charge in [-0.15, -0.1) is 0 Å². The van der Waals surface area contributed by atoms with Crippen LogP contribution in [0.25, 0.3) is 0 Å². The Morgan fingerprint density at radius 1 is 1.44 bits per heavy atom. The van der Waals surface area contributed by atoms with Gasteiger partial charge in [-0.2, -0.15) is 0 Å². The van der Waals surface area contributed by atoms with Crippen LogP contribution in [0.4, 0.5) is 0 Å². The quantitative estimate of drug-likeness (QED) is 0.871. The predicted molar refractivity (Wildman–Crippen MR) is 72.1 cm³/mol. The minimum Gasteiger partial charge on any atom is -0.468 e. The highest BCUT2D eigenvalue weighted by atomic mass is 16.3. The van der Waals surface area contributed by atoms with E-state index >= 15 is 0 Å². The first-order chi connectivity index (χ1) is 8.73. The molecule has 2 aliphatic carbocycles. The smallest absolute Gasteiger partial charge is 0.117 e. The van der Waals surface area contributed by atoms with Crippen molar-refractivity contribution in [2.24, 2.45) is 11.7 Å². The molecule has 2 fully saturated rings. The lowest BCUT2D eigenvalue weighted by molar-refractivity contribution is 0.0706. The van der Waals surface area contributed by atoms with Gasteiger partial charge in [-0.05, 0) is 50.2 Å². The Morgan fingerprint density at radius 3 is 2.78 bits per heavy atom. The first kappa shape index (κ1) is 12.2. The molecule has 2 N–H and O–H groups in total. The van der Waals surface area contributed by atoms with Crippen LogP contribution >= 0.6 is 0 Å². The first-order valence-electron chi connectivity index (χ1n) is 7.23. The van der Waals surface area contributed by atoms with Gasteiger partial charge < -0.3 is 10.2 Å². The van der Waals surface area contributed by atoms with Gasteiger partial charge in [-0.3, -0.25) is 4.90 Å². The fourth-order valence-corrected chi connectivity index (χ4v) is 3.57. The third-order valence-electron chi connectivity index (χ3n) is 4.71. The highest BCUT2D eigenvalue weighted by molar-refractivity contribution is 5.07. The molecule has 1 aromatic rings. The summed E-state index contributed by atoms with van der Waals surface area (Å²) in [6.07, 6.45) is 8.25. The van der Waals surface area contributed by atoms with Crippen molar-refractivity contribution in [2.75, 3.05) is 6.54 Å². The number of hydrogen-bond acceptors (Lipinski definition) is 3. The first-order valence-corrected chi connectivity index (χ1v) is 7.23. The molecule has 1 aromatic heterocycles. The number of nitrogens with zero attached hydrogens (tertiary/aromatic N) is 1. The van der Waals surface area contributed by atoms with Crippen LogP contribution < -0.4 is 5.73 Å². The Hall–Kier alpha value is -0.800. The number of rotatable bonds is 5. The summed E-state index contributed by atoms with van der Waals surface area (Å²) in [5, 5.41) is 0. The van der Waals surface area contributed by atoms with Crippen LogP contribution in [-0.2, 0) is 6.54 Å². The summed E-state index contributed by atoms with van der Waals surface area (Å²) in [5.41, 5.74) is 6.38. The third kappa shape index (κ3) is 2.21. The van der Waals surface area contributed by atoms with Gasteiger partial charge in [-0.1, -0.05) is 6.92 Å². The summed E-state index contributed by atoms with van der Waals surface area (Å²) >= 11 is 0. The summed E-state index contributed by atoms with van der Waals surface area (Å²) in [7, 11) is 0. The lowest BCUT2D eigenvalue weighted by Crippen LogP contribution is -2.52. The number of hydrogen-bond donors (Lipinski definition) is 1. The molecule has 18 heavy (non-hydrogen) atoms. The molecule has 3 nitrogen and oxygen atoms in total. The van der Waals surface area contributed by atoms with Crippen molar-refractivity contribution in [3.05, 3.63) is 24.2 Å². The molecule has 2 aliphatic rings. The van der Waals surface area contributed by atoms with E-state index in [9.17, 15) is 0 Å². The van der Waals surface area contributed by atoms with E-state index in [-0.39, 0.29) is 5.54 Å². The molecule has 1 heterocycles. The van der Waals surface area contributed by atoms with E-state index in [0.29, 0.717) is 0 Å². The minimum atomic E-state index is 0.230. The van der Waals surface area contributed by atoms with Crippen molar-refractivity contribution in [1.82, 2.24) is 4.90 Å². The molecule has 2 saturated carbocycles. The molecule has 100 valence electrons. The van der Waals surface area contributed by atoms with E-state index in [1.165, 1.54) is 32.1 Å². The third-order valence-corrected chi connectivity index (χ3v) is 4.71. The van der Waals surface area contributed by atoms with Gasteiger partial charge in [-0.25, -0.2) is 0 Å². The van der Waals surface area contributed by atoms with Crippen molar-refractivity contribution in [3.8, 4) is 0 Å². The average molecular weight is 248 g/mol. The molecular weight excluding hydrogens is 224 g/mol. The lowest BCUT2D eigenvalue weighted by Gasteiger charge is -2.41. The molecule has 2 atom stereocenters. The zero-order chi connectivity index (χ0) is 12.6. The maximum Gasteiger partial charge on any atom is 0.117 e. The Labute approximate surface area is 109 Å². The van der Waals surface area contributed by atoms with Gasteiger partial charge in [0.05, 0.1) is 12.8 Å². The van der Waals surface area contributed by atoms with Gasteiger partial charge in [0.25, 0.3) is 0 Å². The molecule has 0 bridgehead atoms. The zero-order valence-electron chi connectivity index (χ0n) is 11.3. The second-order valence-electron chi connectivity index (χ2n) is 6.21. The van der Waals surface area contributed by atoms with E-state index in [0.717, 1.165) is 30.8 Å². The van der Waals surface area contributed by atoms with Crippen LogP contribution in [0, 0.1) is 5.92 Å². The van der Waals surface area contributed by atoms with Crippen molar-refractivity contribution < 1.29 is 4.42 Å². The minimum absolute atomic E-state index is 0.230. The van der Waals surface area contributed by atoms with Crippen LogP contribution in [-0.4, -0.2) is 23.0 Å². The molecule has 0 spiro atoms. The molecule has 0 saturated heterocycles. The molecule has 3 rings (SSSR count). The largest absolute Gasteiger partial charge is 0.468 e. The van der Waals surface area contributed by atoms with Crippen LogP contribution in [0.15, 0.2) is 22.8 Å². The zero-order valence-corrected chi connectivity index (χ0v) is 11.3. The molecule has 0 aromatic carbocycles. The fourth-order valence-electron chi connectivity index (χ4n) is 3.57. The number of furan rings is 1. The molecule has 0 radical (unpaired) electrons. The monoisotopic (exact) mass is 248 g/mol. The van der Waals surface area contributed by atoms with Crippen LogP contribution in [0.2, 0.25) is 0 Å². The van der Waals surface area contributed by atoms with Crippen molar-refractivity contribution in [3.63, 3.8) is 0 Å². The van der Waals surface area contributed by atoms with Crippen LogP contribution in [0.3, 0.4) is 0 Å². The average Bonchev–Trinajstić information content (AvgIpc) is 2.93. The van der Waals surface area contributed by atoms with E-state index in [1.807, 2.05) is 6.07 Å². The summed E-state index contributed by atoms with van der Waals surface area (Å²) in [6.45, 7) is 4.07. The Morgan fingerprint density at radius 2 is 2.28 bits per heavy atom. The summed E-state index contributed by atoms with van der Waals surface area (Å²) in [6, 6.07) is 4.80. The normalized spacial score (nSPS) is 32.3. The molecule has 3 heteroatoms. The van der Waals surface area contributed by atoms with E-state index in [1.54, 1.807) is 6.26 Å². The maximum absolute atomic E-state index is 6.15. The van der Waals surface area contributed by atoms with E-state index in [4.69, 9.17) is 10.2 Å². The Bertz CT molecular complexity index is 385. The van der Waals surface area contributed by atoms with Crippen molar-refractivity contribution in [2.45, 2.75) is 57.2 Å². The highest BCUT2D eigenvalue weighted by Crippen LogP contribution is 2.44. The van der Waals surface area contributed by atoms with Gasteiger partial charge >= 0.3 is 0 Å². The Kier molecular flexibility index (Phi) is 3.20. The number of nitrogens with two attached hydrogens (primary N) is 1. The van der Waals surface area contributed by atoms with Crippen molar-refractivity contribution >= 4 is 0 Å². The van der Waals surface area contributed by atoms with Gasteiger partial charge in [0.1, 0.15) is 5.76 Å². The van der Waals surface area contributed by atoms with Gasteiger partial charge in [0.15, 0.2) is 0 Å². The summed E-state index contributed by atoms with van der Waals surface area (Å²) in [4.78, 5) is 2.65. The van der Waals surface area contributed by atoms with Crippen LogP contribution in [0.1, 0.15) is 44.8 Å². The molecule has 0 aliphatic heterocycles. The maximum atomic E-state index is 6.15. The van der Waals surface area contributed by atoms with Gasteiger partial charge in [0.2, 0.25) is 0 Å². The van der Waals surface area contributed by atoms with Crippen LogP contribution in [0.5, 0.6) is 0 Å². The summed E-state index contributed by atoms with van der Waals surface area (Å²) in [5.74, 6) is 1.89. The van der Waals surface area contributed by atoms with Gasteiger partial charge in [0, 0.05) is 18.1 Å². The molecular formula is C15H24N2O. The SMILES string of the molecule is CC1CCC(CN)(N(Cc2ccco2)C2CC2)C1. The Balaban J connectivity index is 1.79. The fraction of sp³-hybridized carbons (Fsp3) is 0.733. The van der Waals surface area contributed by atoms with Crippen molar-refractivity contribution in [1.29, 1.82) is 0 Å². The standard InChI is InChI=1S/C15H24N2O/c1-12-6-7-15(9-12,11-16)17(13-4-5-13)10-14-3-2-8-18-14/h2-3,8,12-13H,4-7,9-11,16H2,1H3. The second kappa shape index (κ2) is 4.71. The highest BCUT2D eigenvalue weighted by Gasteiger charge is 2.47. The molecule has 2 unspecified atom stereocenters. The van der Waals surface area contributed by atoms with E-state index in [2.05, 4.69) is 17.9 Å². The lowest BCUT2D eigenvalue weighted by atomic mass is 9.93.